The molecule has 0 saturated carbocycles. The molecule has 4 heteroatoms. The number of aliphatic hydroxyl groups excluding tert-OH is 1. The van der Waals surface area contributed by atoms with Crippen molar-refractivity contribution >= 4 is 5.91 Å². The molecule has 4 nitrogen and oxygen atoms in total. The van der Waals surface area contributed by atoms with E-state index in [-0.39, 0.29) is 18.4 Å². The lowest BCUT2D eigenvalue weighted by Crippen LogP contribution is -2.39. The van der Waals surface area contributed by atoms with E-state index in [4.69, 9.17) is 9.84 Å². The third-order valence-corrected chi connectivity index (χ3v) is 3.48. The third kappa shape index (κ3) is 5.38. The molecule has 2 unspecified atom stereocenters. The van der Waals surface area contributed by atoms with Gasteiger partial charge in [0.25, 0.3) is 5.91 Å². The standard InChI is InChI=1S/C17H27NO3/c1-11(2)16-7-6-15(8-13(16)4)21-14(5)17(20)18-9-12(3)10-19/h6-8,11-12,14,19H,9-10H2,1-5H3,(H,18,20). The van der Waals surface area contributed by atoms with E-state index >= 15 is 0 Å². The van der Waals surface area contributed by atoms with Crippen molar-refractivity contribution in [2.45, 2.75) is 46.6 Å². The van der Waals surface area contributed by atoms with Gasteiger partial charge in [-0.3, -0.25) is 4.79 Å². The van der Waals surface area contributed by atoms with Crippen molar-refractivity contribution in [1.29, 1.82) is 0 Å². The van der Waals surface area contributed by atoms with Gasteiger partial charge in [-0.1, -0.05) is 26.8 Å². The smallest absolute Gasteiger partial charge is 0.260 e. The molecular weight excluding hydrogens is 266 g/mol. The van der Waals surface area contributed by atoms with Gasteiger partial charge in [0.15, 0.2) is 6.10 Å². The Morgan fingerprint density at radius 1 is 1.29 bits per heavy atom. The predicted molar refractivity (Wildman–Crippen MR) is 84.6 cm³/mol. The summed E-state index contributed by atoms with van der Waals surface area (Å²) in [5, 5.41) is 11.7. The Morgan fingerprint density at radius 2 is 1.95 bits per heavy atom. The molecule has 0 aliphatic carbocycles. The highest BCUT2D eigenvalue weighted by Gasteiger charge is 2.15. The Hall–Kier alpha value is -1.55. The number of nitrogens with one attached hydrogen (secondary N) is 1. The zero-order valence-electron chi connectivity index (χ0n) is 13.6. The highest BCUT2D eigenvalue weighted by molar-refractivity contribution is 5.80. The van der Waals surface area contributed by atoms with E-state index in [1.165, 1.54) is 11.1 Å². The van der Waals surface area contributed by atoms with Crippen molar-refractivity contribution in [2.24, 2.45) is 5.92 Å². The van der Waals surface area contributed by atoms with Gasteiger partial charge < -0.3 is 15.2 Å². The summed E-state index contributed by atoms with van der Waals surface area (Å²) in [6.45, 7) is 10.5. The molecule has 0 aromatic heterocycles. The summed E-state index contributed by atoms with van der Waals surface area (Å²) in [6.07, 6.45) is -0.555. The van der Waals surface area contributed by atoms with Gasteiger partial charge in [-0.05, 0) is 48.9 Å². The number of carbonyl (C=O) groups excluding carboxylic acids is 1. The van der Waals surface area contributed by atoms with Crippen molar-refractivity contribution in [3.63, 3.8) is 0 Å². The van der Waals surface area contributed by atoms with E-state index in [9.17, 15) is 4.79 Å². The Bertz CT molecular complexity index is 471. The van der Waals surface area contributed by atoms with Crippen LogP contribution in [0.5, 0.6) is 5.75 Å². The summed E-state index contributed by atoms with van der Waals surface area (Å²) in [5.41, 5.74) is 2.46. The maximum absolute atomic E-state index is 11.9. The van der Waals surface area contributed by atoms with Crippen molar-refractivity contribution in [3.8, 4) is 5.75 Å². The molecule has 0 saturated heterocycles. The maximum Gasteiger partial charge on any atom is 0.260 e. The third-order valence-electron chi connectivity index (χ3n) is 3.48. The molecule has 0 bridgehead atoms. The fourth-order valence-electron chi connectivity index (χ4n) is 2.11. The first-order chi connectivity index (χ1) is 9.85. The monoisotopic (exact) mass is 293 g/mol. The van der Waals surface area contributed by atoms with E-state index < -0.39 is 6.10 Å². The molecule has 21 heavy (non-hydrogen) atoms. The molecule has 1 aromatic rings. The molecule has 0 fully saturated rings. The Labute approximate surface area is 127 Å². The van der Waals surface area contributed by atoms with Crippen LogP contribution in [0.1, 0.15) is 44.7 Å². The Balaban J connectivity index is 2.60. The summed E-state index contributed by atoms with van der Waals surface area (Å²) in [5.74, 6) is 1.06. The molecule has 118 valence electrons. The van der Waals surface area contributed by atoms with Crippen molar-refractivity contribution < 1.29 is 14.6 Å². The van der Waals surface area contributed by atoms with Gasteiger partial charge in [-0.2, -0.15) is 0 Å². The van der Waals surface area contributed by atoms with E-state index in [1.807, 2.05) is 25.1 Å². The van der Waals surface area contributed by atoms with Crippen LogP contribution in [0.15, 0.2) is 18.2 Å². The fourth-order valence-corrected chi connectivity index (χ4v) is 2.11. The number of aryl methyl sites for hydroxylation is 1. The van der Waals surface area contributed by atoms with Crippen LogP contribution in [0.4, 0.5) is 0 Å². The van der Waals surface area contributed by atoms with Gasteiger partial charge in [0.2, 0.25) is 0 Å². The van der Waals surface area contributed by atoms with Crippen LogP contribution in [0.2, 0.25) is 0 Å². The lowest BCUT2D eigenvalue weighted by atomic mass is 9.98. The van der Waals surface area contributed by atoms with Crippen LogP contribution in [-0.4, -0.2) is 30.3 Å². The summed E-state index contributed by atoms with van der Waals surface area (Å²) < 4.78 is 5.68. The predicted octanol–water partition coefficient (Wildman–Crippen LogP) is 2.63. The molecular formula is C17H27NO3. The van der Waals surface area contributed by atoms with E-state index in [1.54, 1.807) is 6.92 Å². The minimum absolute atomic E-state index is 0.0497. The highest BCUT2D eigenvalue weighted by Crippen LogP contribution is 2.24. The minimum atomic E-state index is -0.555. The van der Waals surface area contributed by atoms with E-state index in [2.05, 4.69) is 26.1 Å². The Kier molecular flexibility index (Phi) is 6.69. The molecule has 0 aliphatic heterocycles. The largest absolute Gasteiger partial charge is 0.481 e. The van der Waals surface area contributed by atoms with Crippen LogP contribution in [0.3, 0.4) is 0 Å². The molecule has 0 spiro atoms. The van der Waals surface area contributed by atoms with Crippen molar-refractivity contribution in [3.05, 3.63) is 29.3 Å². The SMILES string of the molecule is Cc1cc(OC(C)C(=O)NCC(C)CO)ccc1C(C)C. The summed E-state index contributed by atoms with van der Waals surface area (Å²) in [4.78, 5) is 11.9. The van der Waals surface area contributed by atoms with Crippen LogP contribution in [0.25, 0.3) is 0 Å². The second-order valence-electron chi connectivity index (χ2n) is 5.97. The summed E-state index contributed by atoms with van der Waals surface area (Å²) >= 11 is 0. The zero-order chi connectivity index (χ0) is 16.0. The van der Waals surface area contributed by atoms with E-state index in [0.717, 1.165) is 0 Å². The van der Waals surface area contributed by atoms with Gasteiger partial charge in [0.05, 0.1) is 0 Å². The first-order valence-corrected chi connectivity index (χ1v) is 7.51. The van der Waals surface area contributed by atoms with E-state index in [0.29, 0.717) is 18.2 Å². The highest BCUT2D eigenvalue weighted by atomic mass is 16.5. The molecule has 1 rings (SSSR count). The number of aliphatic hydroxyl groups is 1. The number of ether oxygens (including phenoxy) is 1. The first kappa shape index (κ1) is 17.5. The second-order valence-corrected chi connectivity index (χ2v) is 5.97. The molecule has 0 heterocycles. The molecule has 0 radical (unpaired) electrons. The average Bonchev–Trinajstić information content (AvgIpc) is 2.43. The fraction of sp³-hybridized carbons (Fsp3) is 0.588. The number of rotatable bonds is 7. The van der Waals surface area contributed by atoms with Gasteiger partial charge >= 0.3 is 0 Å². The number of benzene rings is 1. The first-order valence-electron chi connectivity index (χ1n) is 7.51. The quantitative estimate of drug-likeness (QED) is 0.812. The maximum atomic E-state index is 11.9. The summed E-state index contributed by atoms with van der Waals surface area (Å²) in [6, 6.07) is 5.92. The lowest BCUT2D eigenvalue weighted by Gasteiger charge is -2.17. The number of hydrogen-bond donors (Lipinski definition) is 2. The van der Waals surface area contributed by atoms with Crippen LogP contribution in [0, 0.1) is 12.8 Å². The lowest BCUT2D eigenvalue weighted by molar-refractivity contribution is -0.127. The zero-order valence-corrected chi connectivity index (χ0v) is 13.6. The number of carbonyl (C=O) groups is 1. The second kappa shape index (κ2) is 8.03. The van der Waals surface area contributed by atoms with Gasteiger partial charge in [-0.25, -0.2) is 0 Å². The van der Waals surface area contributed by atoms with Gasteiger partial charge in [0.1, 0.15) is 5.75 Å². The summed E-state index contributed by atoms with van der Waals surface area (Å²) in [7, 11) is 0. The molecule has 1 aromatic carbocycles. The minimum Gasteiger partial charge on any atom is -0.481 e. The molecule has 2 atom stereocenters. The van der Waals surface area contributed by atoms with Crippen LogP contribution < -0.4 is 10.1 Å². The molecule has 2 N–H and O–H groups in total. The Morgan fingerprint density at radius 3 is 2.48 bits per heavy atom. The van der Waals surface area contributed by atoms with Gasteiger partial charge in [-0.15, -0.1) is 0 Å². The van der Waals surface area contributed by atoms with Crippen LogP contribution in [-0.2, 0) is 4.79 Å². The van der Waals surface area contributed by atoms with Gasteiger partial charge in [0, 0.05) is 13.2 Å². The van der Waals surface area contributed by atoms with Crippen molar-refractivity contribution in [1.82, 2.24) is 5.32 Å². The average molecular weight is 293 g/mol. The number of hydrogen-bond acceptors (Lipinski definition) is 3. The van der Waals surface area contributed by atoms with Crippen molar-refractivity contribution in [2.75, 3.05) is 13.2 Å². The normalized spacial score (nSPS) is 13.9. The molecule has 0 aliphatic rings. The molecule has 1 amide bonds. The number of amides is 1. The van der Waals surface area contributed by atoms with Crippen LogP contribution >= 0.6 is 0 Å². The topological polar surface area (TPSA) is 58.6 Å².